The molecule has 1 rings (SSSR count). The van der Waals surface area contributed by atoms with Gasteiger partial charge in [-0.3, -0.25) is 0 Å². The summed E-state index contributed by atoms with van der Waals surface area (Å²) in [7, 11) is -3.43. The zero-order valence-corrected chi connectivity index (χ0v) is 11.8. The van der Waals surface area contributed by atoms with Crippen molar-refractivity contribution in [2.45, 2.75) is 23.8 Å². The lowest BCUT2D eigenvalue weighted by Gasteiger charge is -2.09. The van der Waals surface area contributed by atoms with Crippen molar-refractivity contribution in [2.75, 3.05) is 5.88 Å². The van der Waals surface area contributed by atoms with Gasteiger partial charge in [-0.1, -0.05) is 0 Å². The number of alkyl halides is 1. The van der Waals surface area contributed by atoms with E-state index in [2.05, 4.69) is 9.97 Å². The van der Waals surface area contributed by atoms with Gasteiger partial charge >= 0.3 is 0 Å². The lowest BCUT2D eigenvalue weighted by atomic mass is 10.4. The number of rotatable bonds is 4. The fourth-order valence-corrected chi connectivity index (χ4v) is 2.86. The van der Waals surface area contributed by atoms with Crippen molar-refractivity contribution in [3.63, 3.8) is 0 Å². The summed E-state index contributed by atoms with van der Waals surface area (Å²) in [5.74, 6) is 0.310. The van der Waals surface area contributed by atoms with E-state index in [9.17, 15) is 8.42 Å². The predicted octanol–water partition coefficient (Wildman–Crippen LogP) is 1.87. The Labute approximate surface area is 108 Å². The molecule has 7 heteroatoms. The van der Waals surface area contributed by atoms with Gasteiger partial charge < -0.3 is 0 Å². The van der Waals surface area contributed by atoms with Gasteiger partial charge in [-0.25, -0.2) is 18.4 Å². The van der Waals surface area contributed by atoms with Gasteiger partial charge in [0.15, 0.2) is 0 Å². The summed E-state index contributed by atoms with van der Waals surface area (Å²) in [6, 6.07) is 0. The maximum Gasteiger partial charge on any atom is 0.247 e. The maximum absolute atomic E-state index is 11.8. The molecule has 0 fully saturated rings. The molecule has 0 bridgehead atoms. The standard InChI is InChI=1S/C8H10ClIN2O2S/c1-6(2-3-9)15(13,14)8-11-4-7(10)5-12-8/h4-6H,2-3H2,1H3. The largest absolute Gasteiger partial charge is 0.247 e. The van der Waals surface area contributed by atoms with Gasteiger partial charge in [0.25, 0.3) is 0 Å². The summed E-state index contributed by atoms with van der Waals surface area (Å²) >= 11 is 7.53. The van der Waals surface area contributed by atoms with Crippen LogP contribution in [0.15, 0.2) is 17.6 Å². The van der Waals surface area contributed by atoms with Crippen LogP contribution in [0.2, 0.25) is 0 Å². The molecular weight excluding hydrogens is 351 g/mol. The molecule has 0 aliphatic rings. The highest BCUT2D eigenvalue weighted by Gasteiger charge is 2.25. The second-order valence-corrected chi connectivity index (χ2v) is 6.90. The van der Waals surface area contributed by atoms with Gasteiger partial charge in [0.1, 0.15) is 0 Å². The predicted molar refractivity (Wildman–Crippen MR) is 66.7 cm³/mol. The first-order valence-electron chi connectivity index (χ1n) is 4.26. The lowest BCUT2D eigenvalue weighted by molar-refractivity contribution is 0.571. The van der Waals surface area contributed by atoms with Gasteiger partial charge in [-0.05, 0) is 35.9 Å². The molecule has 1 aromatic heterocycles. The Morgan fingerprint density at radius 2 is 2.00 bits per heavy atom. The third-order valence-electron chi connectivity index (χ3n) is 1.90. The zero-order valence-electron chi connectivity index (χ0n) is 8.02. The quantitative estimate of drug-likeness (QED) is 0.467. The summed E-state index contributed by atoms with van der Waals surface area (Å²) in [5.41, 5.74) is 0. The molecule has 0 saturated heterocycles. The molecule has 0 N–H and O–H groups in total. The first-order chi connectivity index (χ1) is 6.98. The number of halogens is 2. The van der Waals surface area contributed by atoms with Gasteiger partial charge in [0.05, 0.1) is 5.25 Å². The van der Waals surface area contributed by atoms with Gasteiger partial charge in [0.2, 0.25) is 15.0 Å². The van der Waals surface area contributed by atoms with E-state index in [1.165, 1.54) is 12.4 Å². The summed E-state index contributed by atoms with van der Waals surface area (Å²) < 4.78 is 24.5. The van der Waals surface area contributed by atoms with Crippen LogP contribution in [0.4, 0.5) is 0 Å². The van der Waals surface area contributed by atoms with Gasteiger partial charge in [0, 0.05) is 21.8 Å². The highest BCUT2D eigenvalue weighted by molar-refractivity contribution is 14.1. The Hall–Kier alpha value is 0.0500. The van der Waals surface area contributed by atoms with Crippen LogP contribution in [0.1, 0.15) is 13.3 Å². The van der Waals surface area contributed by atoms with Crippen LogP contribution in [0, 0.1) is 3.57 Å². The Morgan fingerprint density at radius 3 is 2.47 bits per heavy atom. The molecule has 84 valence electrons. The summed E-state index contributed by atoms with van der Waals surface area (Å²) in [4.78, 5) is 7.61. The minimum Gasteiger partial charge on any atom is -0.226 e. The van der Waals surface area contributed by atoms with Crippen molar-refractivity contribution in [3.05, 3.63) is 16.0 Å². The van der Waals surface area contributed by atoms with E-state index in [4.69, 9.17) is 11.6 Å². The molecule has 0 saturated carbocycles. The van der Waals surface area contributed by atoms with Crippen molar-refractivity contribution in [1.82, 2.24) is 9.97 Å². The number of hydrogen-bond donors (Lipinski definition) is 0. The van der Waals surface area contributed by atoms with Crippen molar-refractivity contribution in [2.24, 2.45) is 0 Å². The highest BCUT2D eigenvalue weighted by Crippen LogP contribution is 2.14. The smallest absolute Gasteiger partial charge is 0.226 e. The van der Waals surface area contributed by atoms with E-state index < -0.39 is 15.1 Å². The maximum atomic E-state index is 11.8. The average molecular weight is 361 g/mol. The average Bonchev–Trinajstić information content (AvgIpc) is 2.18. The molecule has 15 heavy (non-hydrogen) atoms. The molecule has 0 aromatic carbocycles. The zero-order chi connectivity index (χ0) is 11.5. The van der Waals surface area contributed by atoms with E-state index in [1.807, 2.05) is 22.6 Å². The van der Waals surface area contributed by atoms with Crippen LogP contribution in [0.25, 0.3) is 0 Å². The lowest BCUT2D eigenvalue weighted by Crippen LogP contribution is -2.20. The number of hydrogen-bond acceptors (Lipinski definition) is 4. The molecule has 1 aromatic rings. The van der Waals surface area contributed by atoms with E-state index in [1.54, 1.807) is 6.92 Å². The van der Waals surface area contributed by atoms with E-state index in [0.29, 0.717) is 12.3 Å². The summed E-state index contributed by atoms with van der Waals surface area (Å²) in [6.45, 7) is 1.61. The second kappa shape index (κ2) is 5.40. The van der Waals surface area contributed by atoms with Crippen molar-refractivity contribution in [3.8, 4) is 0 Å². The monoisotopic (exact) mass is 360 g/mol. The van der Waals surface area contributed by atoms with Crippen LogP contribution in [-0.2, 0) is 9.84 Å². The van der Waals surface area contributed by atoms with Crippen LogP contribution < -0.4 is 0 Å². The third-order valence-corrected chi connectivity index (χ3v) is 4.69. The Balaban J connectivity index is 3.01. The van der Waals surface area contributed by atoms with Gasteiger partial charge in [-0.2, -0.15) is 0 Å². The molecule has 0 spiro atoms. The number of nitrogens with zero attached hydrogens (tertiary/aromatic N) is 2. The Kier molecular flexibility index (Phi) is 4.72. The molecule has 4 nitrogen and oxygen atoms in total. The van der Waals surface area contributed by atoms with Crippen LogP contribution in [0.5, 0.6) is 0 Å². The van der Waals surface area contributed by atoms with E-state index >= 15 is 0 Å². The van der Waals surface area contributed by atoms with E-state index in [-0.39, 0.29) is 5.16 Å². The fraction of sp³-hybridized carbons (Fsp3) is 0.500. The normalized spacial score (nSPS) is 13.8. The number of sulfone groups is 1. The Morgan fingerprint density at radius 1 is 1.47 bits per heavy atom. The first kappa shape index (κ1) is 13.1. The molecule has 0 aliphatic carbocycles. The fourth-order valence-electron chi connectivity index (χ4n) is 0.936. The van der Waals surface area contributed by atoms with Crippen LogP contribution in [0.3, 0.4) is 0 Å². The van der Waals surface area contributed by atoms with Crippen molar-refractivity contribution in [1.29, 1.82) is 0 Å². The number of aromatic nitrogens is 2. The third kappa shape index (κ3) is 3.25. The van der Waals surface area contributed by atoms with Crippen molar-refractivity contribution >= 4 is 44.0 Å². The highest BCUT2D eigenvalue weighted by atomic mass is 127. The summed E-state index contributed by atoms with van der Waals surface area (Å²) in [5, 5.41) is -0.671. The van der Waals surface area contributed by atoms with Crippen molar-refractivity contribution < 1.29 is 8.42 Å². The molecule has 1 unspecified atom stereocenters. The minimum atomic E-state index is -3.43. The first-order valence-corrected chi connectivity index (χ1v) is 7.42. The molecule has 1 heterocycles. The SMILES string of the molecule is CC(CCCl)S(=O)(=O)c1ncc(I)cn1. The van der Waals surface area contributed by atoms with E-state index in [0.717, 1.165) is 3.57 Å². The topological polar surface area (TPSA) is 59.9 Å². The second-order valence-electron chi connectivity index (χ2n) is 3.02. The van der Waals surface area contributed by atoms with Crippen LogP contribution >= 0.6 is 34.2 Å². The Bertz CT molecular complexity index is 421. The molecule has 1 atom stereocenters. The van der Waals surface area contributed by atoms with Gasteiger partial charge in [-0.15, -0.1) is 11.6 Å². The molecule has 0 aliphatic heterocycles. The molecule has 0 amide bonds. The minimum absolute atomic E-state index is 0.125. The molecular formula is C8H10ClIN2O2S. The molecule has 0 radical (unpaired) electrons. The van der Waals surface area contributed by atoms with Crippen LogP contribution in [-0.4, -0.2) is 29.5 Å². The summed E-state index contributed by atoms with van der Waals surface area (Å²) in [6.07, 6.45) is 3.36.